The lowest BCUT2D eigenvalue weighted by Crippen LogP contribution is -2.41. The van der Waals surface area contributed by atoms with Gasteiger partial charge in [0.2, 0.25) is 5.91 Å². The predicted molar refractivity (Wildman–Crippen MR) is 85.7 cm³/mol. The van der Waals surface area contributed by atoms with E-state index in [1.54, 1.807) is 13.2 Å². The van der Waals surface area contributed by atoms with Gasteiger partial charge in [-0.3, -0.25) is 4.79 Å². The Morgan fingerprint density at radius 2 is 2.00 bits per heavy atom. The summed E-state index contributed by atoms with van der Waals surface area (Å²) in [5, 5.41) is 2.95. The number of carbonyl (C=O) groups is 1. The van der Waals surface area contributed by atoms with E-state index in [4.69, 9.17) is 9.47 Å². The Morgan fingerprint density at radius 1 is 1.29 bits per heavy atom. The van der Waals surface area contributed by atoms with Crippen LogP contribution in [0.4, 0.5) is 0 Å². The number of hydrogen-bond acceptors (Lipinski definition) is 3. The fourth-order valence-electron chi connectivity index (χ4n) is 1.70. The van der Waals surface area contributed by atoms with Gasteiger partial charge in [0, 0.05) is 11.6 Å². The monoisotopic (exact) mass is 291 g/mol. The number of carbonyl (C=O) groups excluding carboxylic acids is 1. The van der Waals surface area contributed by atoms with Gasteiger partial charge < -0.3 is 14.8 Å². The van der Waals surface area contributed by atoms with E-state index >= 15 is 0 Å². The number of methoxy groups -OCH3 is 1. The number of amides is 1. The highest BCUT2D eigenvalue weighted by Gasteiger charge is 2.15. The Bertz CT molecular complexity index is 507. The molecule has 0 atom stereocenters. The van der Waals surface area contributed by atoms with Gasteiger partial charge in [-0.1, -0.05) is 13.0 Å². The normalized spacial score (nSPS) is 11.5. The van der Waals surface area contributed by atoms with Gasteiger partial charge >= 0.3 is 0 Å². The number of nitrogens with one attached hydrogen (secondary N) is 1. The van der Waals surface area contributed by atoms with Gasteiger partial charge in [0.15, 0.2) is 11.5 Å². The number of rotatable bonds is 7. The highest BCUT2D eigenvalue weighted by atomic mass is 16.5. The van der Waals surface area contributed by atoms with E-state index in [0.29, 0.717) is 18.1 Å². The van der Waals surface area contributed by atoms with Crippen LogP contribution in [0.25, 0.3) is 6.08 Å². The summed E-state index contributed by atoms with van der Waals surface area (Å²) in [6.45, 7) is 8.55. The molecule has 1 rings (SSSR count). The summed E-state index contributed by atoms with van der Waals surface area (Å²) in [7, 11) is 1.60. The summed E-state index contributed by atoms with van der Waals surface area (Å²) in [6.07, 6.45) is 4.18. The molecule has 4 heteroatoms. The zero-order chi connectivity index (χ0) is 15.9. The van der Waals surface area contributed by atoms with Crippen molar-refractivity contribution in [3.63, 3.8) is 0 Å². The highest BCUT2D eigenvalue weighted by molar-refractivity contribution is 5.92. The third kappa shape index (κ3) is 5.50. The predicted octanol–water partition coefficient (Wildman–Crippen LogP) is 3.41. The van der Waals surface area contributed by atoms with E-state index in [1.807, 2.05) is 45.9 Å². The average molecular weight is 291 g/mol. The van der Waals surface area contributed by atoms with Crippen LogP contribution in [0.5, 0.6) is 11.5 Å². The second-order valence-electron chi connectivity index (χ2n) is 5.40. The van der Waals surface area contributed by atoms with Crippen LogP contribution < -0.4 is 14.8 Å². The maximum Gasteiger partial charge on any atom is 0.244 e. The minimum absolute atomic E-state index is 0.102. The Labute approximate surface area is 127 Å². The van der Waals surface area contributed by atoms with E-state index in [0.717, 1.165) is 12.0 Å². The van der Waals surface area contributed by atoms with Crippen molar-refractivity contribution in [2.45, 2.75) is 39.7 Å². The minimum atomic E-state index is -0.196. The number of ether oxygens (including phenoxy) is 2. The third-order valence-electron chi connectivity index (χ3n) is 3.26. The summed E-state index contributed by atoms with van der Waals surface area (Å²) in [5.74, 6) is 1.26. The minimum Gasteiger partial charge on any atom is -0.493 e. The van der Waals surface area contributed by atoms with Crippen LogP contribution in [-0.4, -0.2) is 25.2 Å². The van der Waals surface area contributed by atoms with Crippen molar-refractivity contribution < 1.29 is 14.3 Å². The van der Waals surface area contributed by atoms with Crippen LogP contribution in [0.2, 0.25) is 0 Å². The second kappa shape index (κ2) is 7.72. The van der Waals surface area contributed by atoms with Crippen molar-refractivity contribution in [2.75, 3.05) is 13.7 Å². The summed E-state index contributed by atoms with van der Waals surface area (Å²) < 4.78 is 10.7. The van der Waals surface area contributed by atoms with Crippen LogP contribution in [0, 0.1) is 0 Å². The van der Waals surface area contributed by atoms with Crippen LogP contribution in [-0.2, 0) is 4.79 Å². The van der Waals surface area contributed by atoms with Gasteiger partial charge in [-0.2, -0.15) is 0 Å². The van der Waals surface area contributed by atoms with Crippen LogP contribution in [0.15, 0.2) is 24.3 Å². The van der Waals surface area contributed by atoms with Crippen molar-refractivity contribution in [3.8, 4) is 11.5 Å². The molecule has 1 N–H and O–H groups in total. The van der Waals surface area contributed by atoms with Gasteiger partial charge in [0.25, 0.3) is 0 Å². The summed E-state index contributed by atoms with van der Waals surface area (Å²) >= 11 is 0. The van der Waals surface area contributed by atoms with Crippen molar-refractivity contribution in [1.29, 1.82) is 0 Å². The summed E-state index contributed by atoms with van der Waals surface area (Å²) in [6, 6.07) is 5.58. The number of benzene rings is 1. The van der Waals surface area contributed by atoms with Crippen molar-refractivity contribution >= 4 is 12.0 Å². The standard InChI is InChI=1S/C17H25NO3/c1-6-17(3,4)18-16(19)11-9-13-8-10-14(21-7-2)15(12-13)20-5/h8-12H,6-7H2,1-5H3,(H,18,19)/b11-9+. The zero-order valence-electron chi connectivity index (χ0n) is 13.5. The van der Waals surface area contributed by atoms with Crippen molar-refractivity contribution in [3.05, 3.63) is 29.8 Å². The molecule has 0 unspecified atom stereocenters. The molecular formula is C17H25NO3. The smallest absolute Gasteiger partial charge is 0.244 e. The van der Waals surface area contributed by atoms with Crippen molar-refractivity contribution in [2.24, 2.45) is 0 Å². The SMILES string of the molecule is CCOc1ccc(/C=C/C(=O)NC(C)(C)CC)cc1OC. The molecule has 0 saturated carbocycles. The second-order valence-corrected chi connectivity index (χ2v) is 5.40. The quantitative estimate of drug-likeness (QED) is 0.783. The molecule has 0 aliphatic carbocycles. The molecule has 4 nitrogen and oxygen atoms in total. The molecular weight excluding hydrogens is 266 g/mol. The third-order valence-corrected chi connectivity index (χ3v) is 3.26. The van der Waals surface area contributed by atoms with Gasteiger partial charge in [0.05, 0.1) is 13.7 Å². The molecule has 1 aromatic rings. The molecule has 116 valence electrons. The first-order valence-corrected chi connectivity index (χ1v) is 7.23. The molecule has 0 saturated heterocycles. The molecule has 0 radical (unpaired) electrons. The van der Waals surface area contributed by atoms with E-state index in [2.05, 4.69) is 5.32 Å². The topological polar surface area (TPSA) is 47.6 Å². The lowest BCUT2D eigenvalue weighted by molar-refractivity contribution is -0.117. The maximum absolute atomic E-state index is 11.9. The zero-order valence-corrected chi connectivity index (χ0v) is 13.5. The fraction of sp³-hybridized carbons (Fsp3) is 0.471. The largest absolute Gasteiger partial charge is 0.493 e. The Kier molecular flexibility index (Phi) is 6.28. The van der Waals surface area contributed by atoms with Gasteiger partial charge in [-0.25, -0.2) is 0 Å². The fourth-order valence-corrected chi connectivity index (χ4v) is 1.70. The summed E-state index contributed by atoms with van der Waals surface area (Å²) in [4.78, 5) is 11.9. The van der Waals surface area contributed by atoms with Gasteiger partial charge in [-0.05, 0) is 51.0 Å². The Morgan fingerprint density at radius 3 is 2.57 bits per heavy atom. The highest BCUT2D eigenvalue weighted by Crippen LogP contribution is 2.28. The van der Waals surface area contributed by atoms with E-state index < -0.39 is 0 Å². The molecule has 21 heavy (non-hydrogen) atoms. The molecule has 0 aliphatic rings. The van der Waals surface area contributed by atoms with Crippen LogP contribution in [0.1, 0.15) is 39.7 Å². The lowest BCUT2D eigenvalue weighted by Gasteiger charge is -2.23. The molecule has 1 amide bonds. The molecule has 0 aromatic heterocycles. The van der Waals surface area contributed by atoms with E-state index in [-0.39, 0.29) is 11.4 Å². The van der Waals surface area contributed by atoms with Crippen LogP contribution in [0.3, 0.4) is 0 Å². The maximum atomic E-state index is 11.9. The Balaban J connectivity index is 2.78. The van der Waals surface area contributed by atoms with E-state index in [9.17, 15) is 4.79 Å². The first-order chi connectivity index (χ1) is 9.91. The van der Waals surface area contributed by atoms with Gasteiger partial charge in [-0.15, -0.1) is 0 Å². The molecule has 0 spiro atoms. The van der Waals surface area contributed by atoms with E-state index in [1.165, 1.54) is 6.08 Å². The Hall–Kier alpha value is -1.97. The summed E-state index contributed by atoms with van der Waals surface area (Å²) in [5.41, 5.74) is 0.692. The number of hydrogen-bond donors (Lipinski definition) is 1. The lowest BCUT2D eigenvalue weighted by atomic mass is 10.0. The van der Waals surface area contributed by atoms with Crippen LogP contribution >= 0.6 is 0 Å². The molecule has 0 heterocycles. The average Bonchev–Trinajstić information content (AvgIpc) is 2.46. The molecule has 1 aromatic carbocycles. The van der Waals surface area contributed by atoms with Crippen molar-refractivity contribution in [1.82, 2.24) is 5.32 Å². The molecule has 0 bridgehead atoms. The molecule has 0 aliphatic heterocycles. The first kappa shape index (κ1) is 17.1. The first-order valence-electron chi connectivity index (χ1n) is 7.23. The van der Waals surface area contributed by atoms with Gasteiger partial charge in [0.1, 0.15) is 0 Å². The molecule has 0 fully saturated rings.